The molecule has 1 aromatic rings. The number of rotatable bonds is 4. The number of benzene rings is 1. The van der Waals surface area contributed by atoms with E-state index in [-0.39, 0.29) is 0 Å². The fraction of sp³-hybridized carbons (Fsp3) is 0.571. The maximum absolute atomic E-state index is 3.55. The topological polar surface area (TPSA) is 12.0 Å². The second-order valence-electron chi connectivity index (χ2n) is 4.90. The van der Waals surface area contributed by atoms with Crippen LogP contribution in [-0.4, -0.2) is 11.9 Å². The molecule has 3 rings (SSSR count). The second kappa shape index (κ2) is 4.80. The Kier molecular flexibility index (Phi) is 3.20. The first-order valence-corrected chi connectivity index (χ1v) is 7.38. The summed E-state index contributed by atoms with van der Waals surface area (Å²) < 4.78 is 0. The normalized spacial score (nSPS) is 19.5. The first-order valence-electron chi connectivity index (χ1n) is 6.40. The van der Waals surface area contributed by atoms with Gasteiger partial charge in [-0.2, -0.15) is 0 Å². The maximum Gasteiger partial charge on any atom is 0.0467 e. The van der Waals surface area contributed by atoms with Gasteiger partial charge < -0.3 is 5.32 Å². The molecule has 1 saturated carbocycles. The van der Waals surface area contributed by atoms with E-state index in [2.05, 4.69) is 23.5 Å². The Morgan fingerprint density at radius 1 is 1.12 bits per heavy atom. The average molecular weight is 233 g/mol. The molecule has 0 bridgehead atoms. The molecule has 0 spiro atoms. The summed E-state index contributed by atoms with van der Waals surface area (Å²) in [5, 5.41) is 3.55. The van der Waals surface area contributed by atoms with E-state index in [0.29, 0.717) is 0 Å². The van der Waals surface area contributed by atoms with Crippen molar-refractivity contribution in [1.29, 1.82) is 0 Å². The molecule has 0 amide bonds. The monoisotopic (exact) mass is 233 g/mol. The highest BCUT2D eigenvalue weighted by Crippen LogP contribution is 2.27. The van der Waals surface area contributed by atoms with Gasteiger partial charge in [-0.1, -0.05) is 6.07 Å². The van der Waals surface area contributed by atoms with E-state index in [1.807, 2.05) is 11.8 Å². The summed E-state index contributed by atoms with van der Waals surface area (Å²) in [7, 11) is 0. The first kappa shape index (κ1) is 10.7. The minimum Gasteiger partial charge on any atom is -0.305 e. The Morgan fingerprint density at radius 3 is 2.75 bits per heavy atom. The minimum absolute atomic E-state index is 0.824. The molecule has 0 heterocycles. The lowest BCUT2D eigenvalue weighted by Crippen LogP contribution is -2.14. The van der Waals surface area contributed by atoms with E-state index in [1.54, 1.807) is 11.1 Å². The zero-order valence-electron chi connectivity index (χ0n) is 9.67. The number of fused-ring (bicyclic) bond motifs is 1. The predicted octanol–water partition coefficient (Wildman–Crippen LogP) is 3.37. The quantitative estimate of drug-likeness (QED) is 0.632. The molecule has 2 heteroatoms. The summed E-state index contributed by atoms with van der Waals surface area (Å²) in [5.74, 6) is 1.07. The Morgan fingerprint density at radius 2 is 1.94 bits per heavy atom. The van der Waals surface area contributed by atoms with Crippen molar-refractivity contribution in [2.24, 2.45) is 0 Å². The van der Waals surface area contributed by atoms with Crippen LogP contribution in [0.3, 0.4) is 0 Å². The maximum atomic E-state index is 3.55. The molecular formula is C14H19NS. The van der Waals surface area contributed by atoms with E-state index in [0.717, 1.165) is 11.9 Å². The largest absolute Gasteiger partial charge is 0.305 e. The fourth-order valence-electron chi connectivity index (χ4n) is 2.33. The molecule has 16 heavy (non-hydrogen) atoms. The molecule has 2 aliphatic carbocycles. The van der Waals surface area contributed by atoms with Gasteiger partial charge >= 0.3 is 0 Å². The third kappa shape index (κ3) is 2.61. The Hall–Kier alpha value is -0.470. The lowest BCUT2D eigenvalue weighted by molar-refractivity contribution is 0.683. The van der Waals surface area contributed by atoms with Gasteiger partial charge in [-0.15, -0.1) is 11.8 Å². The molecule has 2 aliphatic rings. The van der Waals surface area contributed by atoms with Crippen LogP contribution in [0.2, 0.25) is 0 Å². The second-order valence-corrected chi connectivity index (χ2v) is 5.95. The van der Waals surface area contributed by atoms with Crippen molar-refractivity contribution in [3.05, 3.63) is 29.3 Å². The van der Waals surface area contributed by atoms with E-state index in [1.165, 1.54) is 43.4 Å². The molecule has 1 N–H and O–H groups in total. The van der Waals surface area contributed by atoms with Gasteiger partial charge in [0, 0.05) is 16.8 Å². The molecule has 1 fully saturated rings. The Labute approximate surface area is 102 Å². The van der Waals surface area contributed by atoms with E-state index in [9.17, 15) is 0 Å². The number of thioether (sulfide) groups is 1. The van der Waals surface area contributed by atoms with Crippen LogP contribution in [0.25, 0.3) is 0 Å². The lowest BCUT2D eigenvalue weighted by Gasteiger charge is -2.16. The molecule has 86 valence electrons. The first-order chi connectivity index (χ1) is 7.92. The van der Waals surface area contributed by atoms with Gasteiger partial charge in [-0.3, -0.25) is 0 Å². The summed E-state index contributed by atoms with van der Waals surface area (Å²) in [5.41, 5.74) is 3.19. The highest BCUT2D eigenvalue weighted by Gasteiger charge is 2.19. The van der Waals surface area contributed by atoms with Crippen LogP contribution in [-0.2, 0) is 12.8 Å². The van der Waals surface area contributed by atoms with Crippen LogP contribution in [0, 0.1) is 0 Å². The van der Waals surface area contributed by atoms with Gasteiger partial charge in [0.1, 0.15) is 0 Å². The summed E-state index contributed by atoms with van der Waals surface area (Å²) >= 11 is 1.95. The van der Waals surface area contributed by atoms with Gasteiger partial charge in [-0.25, -0.2) is 0 Å². The highest BCUT2D eigenvalue weighted by atomic mass is 32.2. The molecule has 0 aliphatic heterocycles. The lowest BCUT2D eigenvalue weighted by atomic mass is 9.92. The van der Waals surface area contributed by atoms with Crippen molar-refractivity contribution in [3.8, 4) is 0 Å². The summed E-state index contributed by atoms with van der Waals surface area (Å²) in [6.45, 7) is 0. The van der Waals surface area contributed by atoms with Crippen LogP contribution in [0.4, 0.5) is 0 Å². The van der Waals surface area contributed by atoms with Crippen molar-refractivity contribution in [2.45, 2.75) is 49.5 Å². The summed E-state index contributed by atoms with van der Waals surface area (Å²) in [6, 6.07) is 7.87. The van der Waals surface area contributed by atoms with Gasteiger partial charge in [0.25, 0.3) is 0 Å². The van der Waals surface area contributed by atoms with Crippen LogP contribution in [0.5, 0.6) is 0 Å². The van der Waals surface area contributed by atoms with Crippen molar-refractivity contribution >= 4 is 11.8 Å². The number of aryl methyl sites for hydroxylation is 2. The SMILES string of the molecule is c1cc2c(cc1SCNC1CC1)CCCC2. The van der Waals surface area contributed by atoms with Gasteiger partial charge in [0.05, 0.1) is 0 Å². The molecule has 0 radical (unpaired) electrons. The molecule has 0 atom stereocenters. The predicted molar refractivity (Wildman–Crippen MR) is 70.0 cm³/mol. The third-order valence-electron chi connectivity index (χ3n) is 3.51. The van der Waals surface area contributed by atoms with Crippen LogP contribution >= 0.6 is 11.8 Å². The molecule has 0 unspecified atom stereocenters. The zero-order valence-corrected chi connectivity index (χ0v) is 10.5. The average Bonchev–Trinajstić information content (AvgIpc) is 3.13. The van der Waals surface area contributed by atoms with Crippen LogP contribution in [0.1, 0.15) is 36.8 Å². The molecule has 1 nitrogen and oxygen atoms in total. The van der Waals surface area contributed by atoms with Gasteiger partial charge in [0.15, 0.2) is 0 Å². The van der Waals surface area contributed by atoms with Crippen molar-refractivity contribution in [3.63, 3.8) is 0 Å². The molecule has 0 saturated heterocycles. The van der Waals surface area contributed by atoms with Gasteiger partial charge in [-0.05, 0) is 61.8 Å². The van der Waals surface area contributed by atoms with E-state index < -0.39 is 0 Å². The van der Waals surface area contributed by atoms with Crippen molar-refractivity contribution in [1.82, 2.24) is 5.32 Å². The Bertz CT molecular complexity index is 371. The highest BCUT2D eigenvalue weighted by molar-refractivity contribution is 7.99. The van der Waals surface area contributed by atoms with E-state index >= 15 is 0 Å². The number of nitrogens with one attached hydrogen (secondary N) is 1. The van der Waals surface area contributed by atoms with Crippen LogP contribution < -0.4 is 5.32 Å². The number of hydrogen-bond donors (Lipinski definition) is 1. The number of hydrogen-bond acceptors (Lipinski definition) is 2. The van der Waals surface area contributed by atoms with Crippen molar-refractivity contribution in [2.75, 3.05) is 5.88 Å². The zero-order chi connectivity index (χ0) is 10.8. The van der Waals surface area contributed by atoms with Gasteiger partial charge in [0.2, 0.25) is 0 Å². The molecular weight excluding hydrogens is 214 g/mol. The summed E-state index contributed by atoms with van der Waals surface area (Å²) in [4.78, 5) is 1.44. The standard InChI is InChI=1S/C14H19NS/c1-2-4-12-9-14(8-5-11(12)3-1)16-10-15-13-6-7-13/h5,8-9,13,15H,1-4,6-7,10H2. The molecule has 1 aromatic carbocycles. The van der Waals surface area contributed by atoms with E-state index in [4.69, 9.17) is 0 Å². The molecule has 0 aromatic heterocycles. The Balaban J connectivity index is 1.60. The summed E-state index contributed by atoms with van der Waals surface area (Å²) in [6.07, 6.45) is 8.10. The van der Waals surface area contributed by atoms with Crippen molar-refractivity contribution < 1.29 is 0 Å². The fourth-order valence-corrected chi connectivity index (χ4v) is 3.21. The smallest absolute Gasteiger partial charge is 0.0467 e. The minimum atomic E-state index is 0.824. The third-order valence-corrected chi connectivity index (χ3v) is 4.41. The van der Waals surface area contributed by atoms with Crippen LogP contribution in [0.15, 0.2) is 23.1 Å².